The molecule has 0 aromatic carbocycles. The van der Waals surface area contributed by atoms with Crippen molar-refractivity contribution in [3.05, 3.63) is 29.1 Å². The first-order chi connectivity index (χ1) is 7.18. The Kier molecular flexibility index (Phi) is 2.74. The molecule has 3 N–H and O–H groups in total. The van der Waals surface area contributed by atoms with Crippen LogP contribution in [0.2, 0.25) is 0 Å². The van der Waals surface area contributed by atoms with Crippen molar-refractivity contribution in [3.63, 3.8) is 0 Å². The predicted octanol–water partition coefficient (Wildman–Crippen LogP) is 0.123. The predicted molar refractivity (Wildman–Crippen MR) is 56.0 cm³/mol. The van der Waals surface area contributed by atoms with Crippen molar-refractivity contribution in [2.24, 2.45) is 0 Å². The molecule has 0 fully saturated rings. The summed E-state index contributed by atoms with van der Waals surface area (Å²) in [6.45, 7) is 1.95. The third kappa shape index (κ3) is 2.02. The van der Waals surface area contributed by atoms with E-state index in [0.29, 0.717) is 10.4 Å². The van der Waals surface area contributed by atoms with Crippen molar-refractivity contribution in [1.29, 1.82) is 0 Å². The molecule has 1 atom stereocenters. The number of quaternary nitrogens is 1. The molecule has 0 bridgehead atoms. The maximum Gasteiger partial charge on any atom is 0.191 e. The molecule has 0 saturated carbocycles. The summed E-state index contributed by atoms with van der Waals surface area (Å²) in [6.07, 6.45) is 4.74. The van der Waals surface area contributed by atoms with Gasteiger partial charge >= 0.3 is 0 Å². The molecular weight excluding hydrogens is 260 g/mol. The van der Waals surface area contributed by atoms with Crippen LogP contribution in [-0.2, 0) is 0 Å². The van der Waals surface area contributed by atoms with Crippen molar-refractivity contribution < 1.29 is 5.73 Å². The highest BCUT2D eigenvalue weighted by molar-refractivity contribution is 9.10. The Morgan fingerprint density at radius 3 is 2.73 bits per heavy atom. The van der Waals surface area contributed by atoms with Crippen LogP contribution in [0.15, 0.2) is 23.3 Å². The van der Waals surface area contributed by atoms with Gasteiger partial charge in [-0.1, -0.05) is 0 Å². The maximum atomic E-state index is 4.19. The Morgan fingerprint density at radius 1 is 1.33 bits per heavy atom. The van der Waals surface area contributed by atoms with Gasteiger partial charge in [-0.25, -0.2) is 15.0 Å². The molecule has 6 nitrogen and oxygen atoms in total. The van der Waals surface area contributed by atoms with Gasteiger partial charge in [-0.15, -0.1) is 0 Å². The Labute approximate surface area is 94.7 Å². The molecule has 78 valence electrons. The molecule has 0 saturated heterocycles. The minimum absolute atomic E-state index is 0.0537. The van der Waals surface area contributed by atoms with Crippen LogP contribution in [0.1, 0.15) is 18.8 Å². The largest absolute Gasteiger partial charge is 0.349 e. The lowest BCUT2D eigenvalue weighted by Gasteiger charge is -2.04. The van der Waals surface area contributed by atoms with Gasteiger partial charge in [-0.3, -0.25) is 0 Å². The lowest BCUT2D eigenvalue weighted by molar-refractivity contribution is -0.422. The van der Waals surface area contributed by atoms with Crippen molar-refractivity contribution in [2.45, 2.75) is 13.0 Å². The zero-order valence-corrected chi connectivity index (χ0v) is 9.72. The van der Waals surface area contributed by atoms with E-state index in [4.69, 9.17) is 0 Å². The van der Waals surface area contributed by atoms with Crippen LogP contribution >= 0.6 is 15.9 Å². The Hall–Kier alpha value is -1.34. The van der Waals surface area contributed by atoms with Crippen molar-refractivity contribution in [3.8, 4) is 5.82 Å². The second-order valence-corrected chi connectivity index (χ2v) is 3.94. The summed E-state index contributed by atoms with van der Waals surface area (Å²) in [7, 11) is 0. The van der Waals surface area contributed by atoms with Crippen LogP contribution in [0, 0.1) is 0 Å². The summed E-state index contributed by atoms with van der Waals surface area (Å²) in [6, 6.07) is 0.0537. The highest BCUT2D eigenvalue weighted by Crippen LogP contribution is 2.10. The van der Waals surface area contributed by atoms with E-state index in [2.05, 4.69) is 41.7 Å². The van der Waals surface area contributed by atoms with E-state index in [9.17, 15) is 0 Å². The average molecular weight is 270 g/mol. The second kappa shape index (κ2) is 4.03. The lowest BCUT2D eigenvalue weighted by atomic mass is 10.3. The van der Waals surface area contributed by atoms with E-state index in [1.807, 2.05) is 6.92 Å². The maximum absolute atomic E-state index is 4.19. The van der Waals surface area contributed by atoms with Crippen molar-refractivity contribution >= 4 is 15.9 Å². The average Bonchev–Trinajstić information content (AvgIpc) is 2.67. The van der Waals surface area contributed by atoms with Gasteiger partial charge in [-0.05, 0) is 22.9 Å². The first-order valence-electron chi connectivity index (χ1n) is 4.39. The van der Waals surface area contributed by atoms with Gasteiger partial charge in [0.1, 0.15) is 17.0 Å². The van der Waals surface area contributed by atoms with Crippen molar-refractivity contribution in [2.75, 3.05) is 0 Å². The van der Waals surface area contributed by atoms with Gasteiger partial charge in [0.2, 0.25) is 0 Å². The molecular formula is C8H10BrN6+. The monoisotopic (exact) mass is 269 g/mol. The molecule has 0 spiro atoms. The van der Waals surface area contributed by atoms with E-state index in [1.54, 1.807) is 17.1 Å². The first-order valence-corrected chi connectivity index (χ1v) is 5.18. The highest BCUT2D eigenvalue weighted by atomic mass is 79.9. The summed E-state index contributed by atoms with van der Waals surface area (Å²) in [5.41, 5.74) is 3.90. The van der Waals surface area contributed by atoms with Crippen LogP contribution in [0.4, 0.5) is 0 Å². The van der Waals surface area contributed by atoms with Gasteiger partial charge in [0.05, 0.1) is 12.4 Å². The van der Waals surface area contributed by atoms with Crippen LogP contribution < -0.4 is 5.73 Å². The summed E-state index contributed by atoms with van der Waals surface area (Å²) >= 11 is 3.22. The Morgan fingerprint density at radius 2 is 2.13 bits per heavy atom. The molecule has 2 heterocycles. The molecule has 7 heteroatoms. The van der Waals surface area contributed by atoms with E-state index in [0.717, 1.165) is 5.82 Å². The molecule has 2 rings (SSSR count). The van der Waals surface area contributed by atoms with Gasteiger partial charge in [-0.2, -0.15) is 9.78 Å². The van der Waals surface area contributed by atoms with E-state index >= 15 is 0 Å². The first kappa shape index (κ1) is 10.2. The molecule has 0 aliphatic carbocycles. The van der Waals surface area contributed by atoms with E-state index in [1.165, 1.54) is 6.33 Å². The number of aromatic nitrogens is 5. The third-order valence-corrected chi connectivity index (χ3v) is 2.25. The van der Waals surface area contributed by atoms with Crippen LogP contribution in [0.3, 0.4) is 0 Å². The van der Waals surface area contributed by atoms with Gasteiger partial charge in [0.25, 0.3) is 0 Å². The Bertz CT molecular complexity index is 448. The quantitative estimate of drug-likeness (QED) is 0.840. The number of hydrogen-bond donors (Lipinski definition) is 1. The number of nitrogens with zero attached hydrogens (tertiary/aromatic N) is 5. The zero-order valence-electron chi connectivity index (χ0n) is 8.13. The summed E-state index contributed by atoms with van der Waals surface area (Å²) in [5, 5.41) is 4.09. The topological polar surface area (TPSA) is 84.1 Å². The molecule has 0 unspecified atom stereocenters. The van der Waals surface area contributed by atoms with Gasteiger partial charge in [0, 0.05) is 0 Å². The summed E-state index contributed by atoms with van der Waals surface area (Å²) in [5.74, 6) is 1.41. The van der Waals surface area contributed by atoms with E-state index < -0.39 is 0 Å². The van der Waals surface area contributed by atoms with Crippen LogP contribution in [0.5, 0.6) is 0 Å². The third-order valence-electron chi connectivity index (χ3n) is 1.84. The van der Waals surface area contributed by atoms with E-state index in [-0.39, 0.29) is 6.04 Å². The van der Waals surface area contributed by atoms with Crippen molar-refractivity contribution in [1.82, 2.24) is 24.7 Å². The fourth-order valence-electron chi connectivity index (χ4n) is 1.18. The second-order valence-electron chi connectivity index (χ2n) is 3.13. The fraction of sp³-hybridized carbons (Fsp3) is 0.250. The number of hydrogen-bond acceptors (Lipinski definition) is 4. The zero-order chi connectivity index (χ0) is 10.8. The molecule has 0 aliphatic heterocycles. The molecule has 2 aromatic heterocycles. The fourth-order valence-corrected chi connectivity index (χ4v) is 1.38. The highest BCUT2D eigenvalue weighted by Gasteiger charge is 2.13. The number of halogens is 1. The molecule has 0 radical (unpaired) electrons. The number of rotatable bonds is 2. The Balaban J connectivity index is 2.45. The minimum Gasteiger partial charge on any atom is -0.349 e. The summed E-state index contributed by atoms with van der Waals surface area (Å²) < 4.78 is 2.33. The lowest BCUT2D eigenvalue weighted by Crippen LogP contribution is -2.52. The molecule has 2 aromatic rings. The van der Waals surface area contributed by atoms with Crippen LogP contribution in [0.25, 0.3) is 5.82 Å². The normalized spacial score (nSPS) is 12.7. The molecule has 0 amide bonds. The van der Waals surface area contributed by atoms with Gasteiger partial charge < -0.3 is 5.73 Å². The summed E-state index contributed by atoms with van der Waals surface area (Å²) in [4.78, 5) is 12.4. The standard InChI is InChI=1S/C8H9BrN6/c1-5(10)8-13-4-14-15(8)7-3-11-6(9)2-12-7/h2-5H,10H2,1H3/p+1/t5-/m0/s1. The molecule has 0 aliphatic rings. The minimum atomic E-state index is 0.0537. The van der Waals surface area contributed by atoms with Crippen LogP contribution in [-0.4, -0.2) is 24.7 Å². The van der Waals surface area contributed by atoms with Gasteiger partial charge in [0.15, 0.2) is 11.6 Å². The smallest absolute Gasteiger partial charge is 0.191 e. The molecule has 15 heavy (non-hydrogen) atoms. The SMILES string of the molecule is C[C@H]([NH3+])c1ncnn1-c1cnc(Br)cn1.